The van der Waals surface area contributed by atoms with E-state index in [9.17, 15) is 17.8 Å². The molecule has 33 heavy (non-hydrogen) atoms. The predicted molar refractivity (Wildman–Crippen MR) is 118 cm³/mol. The first-order chi connectivity index (χ1) is 15.5. The Hall–Kier alpha value is -2.05. The fraction of sp³-hybridized carbons (Fsp3) is 0.636. The molecular formula is C22H33NO9S. The number of nitrogens with zero attached hydrogens (tertiary/aromatic N) is 1. The van der Waals surface area contributed by atoms with Gasteiger partial charge in [0.1, 0.15) is 10.1 Å². The second-order valence-electron chi connectivity index (χ2n) is 8.29. The SMILES string of the molecule is Cc1cc(S(=O)(=O)[O-])cc2c1[N+](OCCOCCOCCOCCCCC(=O)O)=CC2(C)C. The zero-order chi connectivity index (χ0) is 24.5. The van der Waals surface area contributed by atoms with Crippen LogP contribution in [0.2, 0.25) is 0 Å². The zero-order valence-electron chi connectivity index (χ0n) is 19.4. The molecule has 1 aliphatic heterocycles. The van der Waals surface area contributed by atoms with E-state index in [4.69, 9.17) is 24.2 Å². The normalized spacial score (nSPS) is 14.7. The van der Waals surface area contributed by atoms with E-state index in [0.29, 0.717) is 58.0 Å². The summed E-state index contributed by atoms with van der Waals surface area (Å²) in [6, 6.07) is 2.78. The van der Waals surface area contributed by atoms with Gasteiger partial charge in [-0.15, -0.1) is 0 Å². The van der Waals surface area contributed by atoms with Crippen LogP contribution in [0.15, 0.2) is 17.0 Å². The van der Waals surface area contributed by atoms with E-state index >= 15 is 0 Å². The number of aryl methyl sites for hydroxylation is 1. The van der Waals surface area contributed by atoms with Crippen molar-refractivity contribution in [1.29, 1.82) is 0 Å². The number of unbranched alkanes of at least 4 members (excludes halogenated alkanes) is 1. The van der Waals surface area contributed by atoms with Crippen LogP contribution in [0.25, 0.3) is 0 Å². The molecule has 1 aromatic carbocycles. The maximum absolute atomic E-state index is 11.4. The lowest BCUT2D eigenvalue weighted by Crippen LogP contribution is -2.18. The quantitative estimate of drug-likeness (QED) is 0.211. The fourth-order valence-electron chi connectivity index (χ4n) is 3.42. The molecule has 0 radical (unpaired) electrons. The number of rotatable bonds is 16. The minimum atomic E-state index is -4.54. The van der Waals surface area contributed by atoms with E-state index in [0.717, 1.165) is 11.3 Å². The van der Waals surface area contributed by atoms with Gasteiger partial charge in [-0.05, 0) is 45.7 Å². The van der Waals surface area contributed by atoms with Crippen LogP contribution in [0.1, 0.15) is 44.2 Å². The van der Waals surface area contributed by atoms with Gasteiger partial charge in [-0.1, -0.05) is 0 Å². The van der Waals surface area contributed by atoms with Crippen LogP contribution < -0.4 is 0 Å². The number of carboxylic acids is 1. The number of ether oxygens (including phenoxy) is 3. The lowest BCUT2D eigenvalue weighted by Gasteiger charge is -2.14. The largest absolute Gasteiger partial charge is 0.744 e. The molecule has 0 saturated heterocycles. The number of benzene rings is 1. The molecule has 0 saturated carbocycles. The van der Waals surface area contributed by atoms with Crippen molar-refractivity contribution in [2.45, 2.75) is 50.3 Å². The Morgan fingerprint density at radius 1 is 1.00 bits per heavy atom. The summed E-state index contributed by atoms with van der Waals surface area (Å²) in [6.45, 7) is 8.43. The van der Waals surface area contributed by atoms with Gasteiger partial charge in [-0.2, -0.15) is 0 Å². The summed E-state index contributed by atoms with van der Waals surface area (Å²) < 4.78 is 52.2. The average Bonchev–Trinajstić information content (AvgIpc) is 2.98. The molecule has 0 bridgehead atoms. The molecule has 0 unspecified atom stereocenters. The van der Waals surface area contributed by atoms with Gasteiger partial charge >= 0.3 is 5.97 Å². The lowest BCUT2D eigenvalue weighted by molar-refractivity contribution is -0.725. The van der Waals surface area contributed by atoms with Gasteiger partial charge in [0.25, 0.3) is 5.69 Å². The monoisotopic (exact) mass is 487 g/mol. The standard InChI is InChI=1S/C22H33NO9S/c1-17-14-18(33(26,27)28)15-19-21(17)23(16-22(19,2)3)32-13-12-31-11-10-30-9-8-29-7-5-4-6-20(24)25/h14-16H,4-13H2,1-3H3,(H-,24,25,26,27,28). The molecule has 1 N–H and O–H groups in total. The highest BCUT2D eigenvalue weighted by atomic mass is 32.2. The van der Waals surface area contributed by atoms with Crippen LogP contribution in [-0.4, -0.2) is 81.2 Å². The molecule has 0 atom stereocenters. The Balaban J connectivity index is 1.63. The Labute approximate surface area is 194 Å². The zero-order valence-corrected chi connectivity index (χ0v) is 20.2. The van der Waals surface area contributed by atoms with E-state index in [-0.39, 0.29) is 17.9 Å². The van der Waals surface area contributed by atoms with Gasteiger partial charge in [-0.25, -0.2) is 8.42 Å². The van der Waals surface area contributed by atoms with E-state index in [2.05, 4.69) is 0 Å². The van der Waals surface area contributed by atoms with Crippen LogP contribution in [0.4, 0.5) is 5.69 Å². The lowest BCUT2D eigenvalue weighted by atomic mass is 9.86. The third-order valence-electron chi connectivity index (χ3n) is 5.05. The summed E-state index contributed by atoms with van der Waals surface area (Å²) in [7, 11) is -4.54. The number of carbonyl (C=O) groups is 1. The molecule has 1 heterocycles. The van der Waals surface area contributed by atoms with Crippen molar-refractivity contribution in [2.75, 3.05) is 46.2 Å². The summed E-state index contributed by atoms with van der Waals surface area (Å²) in [5.41, 5.74) is 1.60. The maximum Gasteiger partial charge on any atom is 0.303 e. The van der Waals surface area contributed by atoms with Crippen LogP contribution in [-0.2, 0) is 39.4 Å². The molecule has 1 aromatic rings. The molecular weight excluding hydrogens is 454 g/mol. The minimum absolute atomic E-state index is 0.160. The van der Waals surface area contributed by atoms with Crippen molar-refractivity contribution in [3.63, 3.8) is 0 Å². The van der Waals surface area contributed by atoms with E-state index in [1.807, 2.05) is 20.1 Å². The summed E-state index contributed by atoms with van der Waals surface area (Å²) in [5, 5.41) is 8.54. The van der Waals surface area contributed by atoms with Gasteiger partial charge in [-0.3, -0.25) is 9.63 Å². The summed E-state index contributed by atoms with van der Waals surface area (Å²) >= 11 is 0. The van der Waals surface area contributed by atoms with Crippen molar-refractivity contribution in [3.05, 3.63) is 23.3 Å². The summed E-state index contributed by atoms with van der Waals surface area (Å²) in [6.07, 6.45) is 3.32. The molecule has 10 nitrogen and oxygen atoms in total. The molecule has 0 aromatic heterocycles. The molecule has 1 aliphatic rings. The summed E-state index contributed by atoms with van der Waals surface area (Å²) in [5.74, 6) is -0.793. The third-order valence-corrected chi connectivity index (χ3v) is 5.86. The van der Waals surface area contributed by atoms with Gasteiger partial charge < -0.3 is 23.9 Å². The smallest absolute Gasteiger partial charge is 0.303 e. The van der Waals surface area contributed by atoms with E-state index < -0.39 is 21.5 Å². The second-order valence-corrected chi connectivity index (χ2v) is 9.67. The second kappa shape index (κ2) is 12.4. The van der Waals surface area contributed by atoms with Crippen molar-refractivity contribution in [2.24, 2.45) is 0 Å². The van der Waals surface area contributed by atoms with Crippen molar-refractivity contribution >= 4 is 28.0 Å². The van der Waals surface area contributed by atoms with Gasteiger partial charge in [0.05, 0.1) is 43.3 Å². The van der Waals surface area contributed by atoms with Gasteiger partial charge in [0.15, 0.2) is 6.61 Å². The number of fused-ring (bicyclic) bond motifs is 1. The molecule has 0 fully saturated rings. The molecule has 0 aliphatic carbocycles. The Morgan fingerprint density at radius 2 is 1.58 bits per heavy atom. The van der Waals surface area contributed by atoms with Crippen molar-refractivity contribution < 1.29 is 46.7 Å². The highest BCUT2D eigenvalue weighted by Crippen LogP contribution is 2.40. The first-order valence-corrected chi connectivity index (χ1v) is 12.3. The van der Waals surface area contributed by atoms with Gasteiger partial charge in [0, 0.05) is 28.9 Å². The van der Waals surface area contributed by atoms with Crippen LogP contribution in [0.3, 0.4) is 0 Å². The minimum Gasteiger partial charge on any atom is -0.744 e. The third kappa shape index (κ3) is 8.67. The van der Waals surface area contributed by atoms with Crippen molar-refractivity contribution in [3.8, 4) is 0 Å². The van der Waals surface area contributed by atoms with E-state index in [1.54, 1.807) is 11.7 Å². The average molecular weight is 488 g/mol. The van der Waals surface area contributed by atoms with Gasteiger partial charge in [0.2, 0.25) is 6.21 Å². The first-order valence-electron chi connectivity index (χ1n) is 10.9. The Kier molecular flexibility index (Phi) is 10.2. The highest BCUT2D eigenvalue weighted by molar-refractivity contribution is 7.85. The predicted octanol–water partition coefficient (Wildman–Crippen LogP) is 2.14. The molecule has 186 valence electrons. The number of aliphatic carboxylic acids is 1. The van der Waals surface area contributed by atoms with Crippen molar-refractivity contribution in [1.82, 2.24) is 0 Å². The molecule has 11 heteroatoms. The topological polar surface area (TPSA) is 134 Å². The summed E-state index contributed by atoms with van der Waals surface area (Å²) in [4.78, 5) is 15.9. The fourth-order valence-corrected chi connectivity index (χ4v) is 4.00. The maximum atomic E-state index is 11.4. The van der Waals surface area contributed by atoms with Crippen LogP contribution in [0, 0.1) is 6.92 Å². The van der Waals surface area contributed by atoms with E-state index in [1.165, 1.54) is 12.1 Å². The highest BCUT2D eigenvalue weighted by Gasteiger charge is 2.41. The van der Waals surface area contributed by atoms with Crippen LogP contribution in [0.5, 0.6) is 0 Å². The molecule has 0 amide bonds. The Bertz CT molecular complexity index is 941. The first kappa shape index (κ1) is 27.2. The molecule has 2 rings (SSSR count). The number of hydrogen-bond acceptors (Lipinski definition) is 8. The number of carboxylic acid groups (broad SMARTS) is 1. The van der Waals surface area contributed by atoms with Crippen LogP contribution >= 0.6 is 0 Å². The number of hydrogen-bond donors (Lipinski definition) is 1. The molecule has 0 spiro atoms. The Morgan fingerprint density at radius 3 is 2.15 bits per heavy atom.